The third-order valence-electron chi connectivity index (χ3n) is 3.94. The quantitative estimate of drug-likeness (QED) is 0.598. The first-order valence-electron chi connectivity index (χ1n) is 7.81. The Kier molecular flexibility index (Phi) is 5.51. The molecule has 1 unspecified atom stereocenters. The monoisotopic (exact) mass is 414 g/mol. The minimum absolute atomic E-state index is 0.114. The number of carbonyl (C=O) groups excluding carboxylic acids is 1. The molecule has 25 heavy (non-hydrogen) atoms. The summed E-state index contributed by atoms with van der Waals surface area (Å²) in [5, 5.41) is 3.41. The summed E-state index contributed by atoms with van der Waals surface area (Å²) < 4.78 is 1.00. The molecular formula is C20H16BrClN2O. The van der Waals surface area contributed by atoms with Crippen LogP contribution >= 0.6 is 27.5 Å². The SMILES string of the molecule is CC(NC(=O)c1ccc(-c2ccncc2)cc1Cl)c1ccc(Br)cc1. The van der Waals surface area contributed by atoms with Gasteiger partial charge in [-0.3, -0.25) is 9.78 Å². The molecule has 1 aromatic heterocycles. The highest BCUT2D eigenvalue weighted by molar-refractivity contribution is 9.10. The van der Waals surface area contributed by atoms with Gasteiger partial charge in [-0.1, -0.05) is 45.7 Å². The van der Waals surface area contributed by atoms with Gasteiger partial charge in [-0.05, 0) is 60.0 Å². The number of nitrogens with zero attached hydrogens (tertiary/aromatic N) is 1. The Labute approximate surface area is 160 Å². The van der Waals surface area contributed by atoms with E-state index in [4.69, 9.17) is 11.6 Å². The van der Waals surface area contributed by atoms with E-state index in [2.05, 4.69) is 26.2 Å². The number of aromatic nitrogens is 1. The lowest BCUT2D eigenvalue weighted by Crippen LogP contribution is -2.26. The average molecular weight is 416 g/mol. The highest BCUT2D eigenvalue weighted by Crippen LogP contribution is 2.26. The summed E-state index contributed by atoms with van der Waals surface area (Å²) in [7, 11) is 0. The van der Waals surface area contributed by atoms with Crippen molar-refractivity contribution in [2.45, 2.75) is 13.0 Å². The van der Waals surface area contributed by atoms with Crippen LogP contribution in [-0.2, 0) is 0 Å². The largest absolute Gasteiger partial charge is 0.345 e. The van der Waals surface area contributed by atoms with Crippen LogP contribution in [0.3, 0.4) is 0 Å². The molecule has 0 aliphatic rings. The van der Waals surface area contributed by atoms with Crippen LogP contribution < -0.4 is 5.32 Å². The highest BCUT2D eigenvalue weighted by Gasteiger charge is 2.15. The van der Waals surface area contributed by atoms with Crippen molar-refractivity contribution in [2.24, 2.45) is 0 Å². The Morgan fingerprint density at radius 2 is 1.72 bits per heavy atom. The molecule has 3 rings (SSSR count). The number of halogens is 2. The van der Waals surface area contributed by atoms with Crippen molar-refractivity contribution in [1.29, 1.82) is 0 Å². The van der Waals surface area contributed by atoms with Crippen molar-refractivity contribution in [3.05, 3.63) is 87.6 Å². The maximum absolute atomic E-state index is 12.5. The number of rotatable bonds is 4. The van der Waals surface area contributed by atoms with E-state index in [-0.39, 0.29) is 11.9 Å². The molecule has 3 aromatic rings. The van der Waals surface area contributed by atoms with Crippen LogP contribution in [0.2, 0.25) is 5.02 Å². The highest BCUT2D eigenvalue weighted by atomic mass is 79.9. The molecule has 0 saturated carbocycles. The minimum Gasteiger partial charge on any atom is -0.345 e. The predicted octanol–water partition coefficient (Wildman–Crippen LogP) is 5.66. The third kappa shape index (κ3) is 4.27. The zero-order valence-electron chi connectivity index (χ0n) is 13.5. The topological polar surface area (TPSA) is 42.0 Å². The van der Waals surface area contributed by atoms with Crippen LogP contribution in [0.1, 0.15) is 28.9 Å². The summed E-state index contributed by atoms with van der Waals surface area (Å²) in [6.45, 7) is 1.94. The van der Waals surface area contributed by atoms with Gasteiger partial charge in [0.25, 0.3) is 5.91 Å². The Hall–Kier alpha value is -2.17. The Balaban J connectivity index is 1.77. The van der Waals surface area contributed by atoms with E-state index >= 15 is 0 Å². The summed E-state index contributed by atoms with van der Waals surface area (Å²) in [4.78, 5) is 16.6. The van der Waals surface area contributed by atoms with Crippen LogP contribution in [-0.4, -0.2) is 10.9 Å². The predicted molar refractivity (Wildman–Crippen MR) is 105 cm³/mol. The standard InChI is InChI=1S/C20H16BrClN2O/c1-13(14-2-5-17(21)6-3-14)24-20(25)18-7-4-16(12-19(18)22)15-8-10-23-11-9-15/h2-13H,1H3,(H,24,25). The van der Waals surface area contributed by atoms with E-state index in [1.165, 1.54) is 0 Å². The van der Waals surface area contributed by atoms with Crippen molar-refractivity contribution < 1.29 is 4.79 Å². The molecule has 0 fully saturated rings. The van der Waals surface area contributed by atoms with Crippen molar-refractivity contribution >= 4 is 33.4 Å². The lowest BCUT2D eigenvalue weighted by molar-refractivity contribution is 0.0940. The van der Waals surface area contributed by atoms with Gasteiger partial charge >= 0.3 is 0 Å². The molecule has 126 valence electrons. The normalized spacial score (nSPS) is 11.8. The van der Waals surface area contributed by atoms with E-state index in [0.717, 1.165) is 21.2 Å². The fourth-order valence-electron chi connectivity index (χ4n) is 2.53. The van der Waals surface area contributed by atoms with Gasteiger partial charge in [0.05, 0.1) is 16.6 Å². The van der Waals surface area contributed by atoms with Crippen molar-refractivity contribution in [1.82, 2.24) is 10.3 Å². The number of hydrogen-bond acceptors (Lipinski definition) is 2. The summed E-state index contributed by atoms with van der Waals surface area (Å²) in [6.07, 6.45) is 3.45. The Bertz CT molecular complexity index is 882. The van der Waals surface area contributed by atoms with Gasteiger partial charge in [-0.15, -0.1) is 0 Å². The van der Waals surface area contributed by atoms with Gasteiger partial charge in [0.2, 0.25) is 0 Å². The second kappa shape index (κ2) is 7.81. The molecule has 1 atom stereocenters. The first kappa shape index (κ1) is 17.6. The van der Waals surface area contributed by atoms with Gasteiger partial charge in [-0.2, -0.15) is 0 Å². The summed E-state index contributed by atoms with van der Waals surface area (Å²) in [6, 6.07) is 17.0. The van der Waals surface area contributed by atoms with E-state index < -0.39 is 0 Å². The Morgan fingerprint density at radius 3 is 2.36 bits per heavy atom. The molecule has 1 N–H and O–H groups in total. The molecule has 0 saturated heterocycles. The fourth-order valence-corrected chi connectivity index (χ4v) is 3.06. The molecule has 0 spiro atoms. The summed E-state index contributed by atoms with van der Waals surface area (Å²) >= 11 is 9.75. The van der Waals surface area contributed by atoms with Crippen LogP contribution in [0.4, 0.5) is 0 Å². The lowest BCUT2D eigenvalue weighted by atomic mass is 10.0. The van der Waals surface area contributed by atoms with Crippen LogP contribution in [0.5, 0.6) is 0 Å². The van der Waals surface area contributed by atoms with E-state index in [9.17, 15) is 4.79 Å². The van der Waals surface area contributed by atoms with Crippen molar-refractivity contribution in [3.8, 4) is 11.1 Å². The van der Waals surface area contributed by atoms with Gasteiger partial charge in [-0.25, -0.2) is 0 Å². The van der Waals surface area contributed by atoms with Crippen molar-refractivity contribution in [3.63, 3.8) is 0 Å². The molecule has 3 nitrogen and oxygen atoms in total. The smallest absolute Gasteiger partial charge is 0.253 e. The minimum atomic E-state index is -0.193. The van der Waals surface area contributed by atoms with E-state index in [1.807, 2.05) is 49.4 Å². The average Bonchev–Trinajstić information content (AvgIpc) is 2.62. The second-order valence-electron chi connectivity index (χ2n) is 5.68. The second-order valence-corrected chi connectivity index (χ2v) is 7.00. The fraction of sp³-hybridized carbons (Fsp3) is 0.100. The molecule has 0 bridgehead atoms. The van der Waals surface area contributed by atoms with Gasteiger partial charge in [0.1, 0.15) is 0 Å². The number of carbonyl (C=O) groups is 1. The van der Waals surface area contributed by atoms with Gasteiger partial charge in [0, 0.05) is 16.9 Å². The summed E-state index contributed by atoms with van der Waals surface area (Å²) in [5.41, 5.74) is 3.45. The van der Waals surface area contributed by atoms with Crippen molar-refractivity contribution in [2.75, 3.05) is 0 Å². The third-order valence-corrected chi connectivity index (χ3v) is 4.79. The molecule has 1 amide bonds. The number of amides is 1. The maximum atomic E-state index is 12.5. The van der Waals surface area contributed by atoms with E-state index in [0.29, 0.717) is 10.6 Å². The molecular weight excluding hydrogens is 400 g/mol. The van der Waals surface area contributed by atoms with Crippen LogP contribution in [0.25, 0.3) is 11.1 Å². The molecule has 2 aromatic carbocycles. The summed E-state index contributed by atoms with van der Waals surface area (Å²) in [5.74, 6) is -0.193. The number of nitrogens with one attached hydrogen (secondary N) is 1. The van der Waals surface area contributed by atoms with E-state index in [1.54, 1.807) is 24.5 Å². The Morgan fingerprint density at radius 1 is 1.04 bits per heavy atom. The number of benzene rings is 2. The first-order valence-corrected chi connectivity index (χ1v) is 8.98. The van der Waals surface area contributed by atoms with Crippen LogP contribution in [0.15, 0.2) is 71.5 Å². The lowest BCUT2D eigenvalue weighted by Gasteiger charge is -2.15. The molecule has 5 heteroatoms. The first-order chi connectivity index (χ1) is 12.0. The molecule has 0 aliphatic heterocycles. The molecule has 1 heterocycles. The number of hydrogen-bond donors (Lipinski definition) is 1. The number of pyridine rings is 1. The van der Waals surface area contributed by atoms with Crippen LogP contribution in [0, 0.1) is 0 Å². The molecule has 0 aliphatic carbocycles. The van der Waals surface area contributed by atoms with Gasteiger partial charge < -0.3 is 5.32 Å². The van der Waals surface area contributed by atoms with Gasteiger partial charge in [0.15, 0.2) is 0 Å². The molecule has 0 radical (unpaired) electrons. The zero-order valence-corrected chi connectivity index (χ0v) is 15.9. The maximum Gasteiger partial charge on any atom is 0.253 e. The zero-order chi connectivity index (χ0) is 17.8.